The molecule has 2 N–H and O–H groups in total. The molecule has 0 saturated carbocycles. The van der Waals surface area contributed by atoms with Gasteiger partial charge in [-0.3, -0.25) is 9.89 Å². The molecule has 3 aromatic rings. The van der Waals surface area contributed by atoms with E-state index in [0.717, 1.165) is 16.8 Å². The van der Waals surface area contributed by atoms with Crippen LogP contribution in [0.1, 0.15) is 27.5 Å². The van der Waals surface area contributed by atoms with Gasteiger partial charge in [-0.05, 0) is 26.3 Å². The maximum Gasteiger partial charge on any atom is 0.262 e. The lowest BCUT2D eigenvalue weighted by molar-refractivity contribution is 0.102. The van der Waals surface area contributed by atoms with Crippen LogP contribution in [0.5, 0.6) is 0 Å². The van der Waals surface area contributed by atoms with Crippen molar-refractivity contribution in [1.82, 2.24) is 15.4 Å². The van der Waals surface area contributed by atoms with Crippen LogP contribution >= 0.6 is 0 Å². The molecule has 0 atom stereocenters. The van der Waals surface area contributed by atoms with Crippen molar-refractivity contribution in [2.75, 3.05) is 5.32 Å². The van der Waals surface area contributed by atoms with Crippen molar-refractivity contribution in [3.63, 3.8) is 0 Å². The average molecular weight is 296 g/mol. The zero-order valence-electron chi connectivity index (χ0n) is 12.6. The number of benzene rings is 1. The first kappa shape index (κ1) is 14.1. The van der Waals surface area contributed by atoms with Crippen LogP contribution in [0.15, 0.2) is 34.9 Å². The van der Waals surface area contributed by atoms with Crippen LogP contribution < -0.4 is 5.32 Å². The molecular weight excluding hydrogens is 280 g/mol. The average Bonchev–Trinajstić information content (AvgIpc) is 3.03. The number of hydrogen-bond acceptors (Lipinski definition) is 4. The minimum Gasteiger partial charge on any atom is -0.361 e. The van der Waals surface area contributed by atoms with E-state index in [0.29, 0.717) is 22.8 Å². The Morgan fingerprint density at radius 1 is 1.18 bits per heavy atom. The van der Waals surface area contributed by atoms with Crippen LogP contribution in [0, 0.1) is 20.8 Å². The second-order valence-corrected chi connectivity index (χ2v) is 5.09. The third-order valence-corrected chi connectivity index (χ3v) is 3.50. The summed E-state index contributed by atoms with van der Waals surface area (Å²) < 4.78 is 5.04. The lowest BCUT2D eigenvalue weighted by Gasteiger charge is -2.06. The van der Waals surface area contributed by atoms with E-state index in [2.05, 4.69) is 20.7 Å². The van der Waals surface area contributed by atoms with Gasteiger partial charge in [-0.2, -0.15) is 5.10 Å². The number of carbonyl (C=O) groups is 1. The standard InChI is InChI=1S/C16H16N4O2/c1-9-14(12-7-5-4-6-8-12)15(19-18-9)17-16(21)13-10(2)20-22-11(13)3/h4-8H,1-3H3,(H2,17,18,19,21). The van der Waals surface area contributed by atoms with Crippen LogP contribution in [0.25, 0.3) is 11.1 Å². The summed E-state index contributed by atoms with van der Waals surface area (Å²) in [5.74, 6) is 0.706. The fourth-order valence-electron chi connectivity index (χ4n) is 2.45. The van der Waals surface area contributed by atoms with Crippen molar-refractivity contribution in [2.45, 2.75) is 20.8 Å². The van der Waals surface area contributed by atoms with E-state index in [1.165, 1.54) is 0 Å². The molecule has 2 aromatic heterocycles. The molecular formula is C16H16N4O2. The molecule has 2 heterocycles. The highest BCUT2D eigenvalue weighted by molar-refractivity contribution is 6.07. The van der Waals surface area contributed by atoms with Gasteiger partial charge in [-0.15, -0.1) is 0 Å². The Hall–Kier alpha value is -2.89. The van der Waals surface area contributed by atoms with Crippen LogP contribution in [0.3, 0.4) is 0 Å². The van der Waals surface area contributed by atoms with E-state index in [1.807, 2.05) is 37.3 Å². The molecule has 112 valence electrons. The van der Waals surface area contributed by atoms with Gasteiger partial charge in [0.2, 0.25) is 0 Å². The first-order chi connectivity index (χ1) is 10.6. The van der Waals surface area contributed by atoms with Crippen molar-refractivity contribution in [3.05, 3.63) is 53.0 Å². The first-order valence-electron chi connectivity index (χ1n) is 6.92. The molecule has 6 heteroatoms. The SMILES string of the molecule is Cc1noc(C)c1C(=O)Nc1n[nH]c(C)c1-c1ccccc1. The van der Waals surface area contributed by atoms with Gasteiger partial charge in [0, 0.05) is 11.3 Å². The van der Waals surface area contributed by atoms with Gasteiger partial charge in [0.15, 0.2) is 5.82 Å². The molecule has 1 aromatic carbocycles. The molecule has 0 bridgehead atoms. The van der Waals surface area contributed by atoms with Crippen molar-refractivity contribution >= 4 is 11.7 Å². The van der Waals surface area contributed by atoms with Crippen LogP contribution in [-0.2, 0) is 0 Å². The summed E-state index contributed by atoms with van der Waals surface area (Å²) in [6.45, 7) is 5.36. The van der Waals surface area contributed by atoms with Crippen molar-refractivity contribution in [3.8, 4) is 11.1 Å². The number of nitrogens with one attached hydrogen (secondary N) is 2. The Labute approximate surface area is 127 Å². The Balaban J connectivity index is 1.96. The van der Waals surface area contributed by atoms with Gasteiger partial charge in [0.05, 0.1) is 5.69 Å². The monoisotopic (exact) mass is 296 g/mol. The second kappa shape index (κ2) is 5.48. The summed E-state index contributed by atoms with van der Waals surface area (Å²) >= 11 is 0. The molecule has 22 heavy (non-hydrogen) atoms. The molecule has 0 aliphatic heterocycles. The van der Waals surface area contributed by atoms with Crippen molar-refractivity contribution < 1.29 is 9.32 Å². The fraction of sp³-hybridized carbons (Fsp3) is 0.188. The zero-order valence-corrected chi connectivity index (χ0v) is 12.6. The van der Waals surface area contributed by atoms with E-state index < -0.39 is 0 Å². The van der Waals surface area contributed by atoms with E-state index in [-0.39, 0.29) is 5.91 Å². The van der Waals surface area contributed by atoms with Gasteiger partial charge in [-0.25, -0.2) is 0 Å². The number of aryl methyl sites for hydroxylation is 3. The quantitative estimate of drug-likeness (QED) is 0.777. The third kappa shape index (κ3) is 2.39. The normalized spacial score (nSPS) is 10.7. The van der Waals surface area contributed by atoms with Gasteiger partial charge in [0.1, 0.15) is 11.3 Å². The first-order valence-corrected chi connectivity index (χ1v) is 6.92. The fourth-order valence-corrected chi connectivity index (χ4v) is 2.45. The lowest BCUT2D eigenvalue weighted by Crippen LogP contribution is -2.14. The minimum atomic E-state index is -0.278. The minimum absolute atomic E-state index is 0.278. The number of H-pyrrole nitrogens is 1. The number of carbonyl (C=O) groups excluding carboxylic acids is 1. The lowest BCUT2D eigenvalue weighted by atomic mass is 10.1. The molecule has 0 aliphatic carbocycles. The predicted octanol–water partition coefficient (Wildman–Crippen LogP) is 3.24. The van der Waals surface area contributed by atoms with Gasteiger partial charge >= 0.3 is 0 Å². The van der Waals surface area contributed by atoms with Crippen LogP contribution in [0.2, 0.25) is 0 Å². The van der Waals surface area contributed by atoms with Crippen LogP contribution in [0.4, 0.5) is 5.82 Å². The van der Waals surface area contributed by atoms with E-state index in [1.54, 1.807) is 13.8 Å². The molecule has 1 amide bonds. The molecule has 0 radical (unpaired) electrons. The molecule has 0 fully saturated rings. The smallest absolute Gasteiger partial charge is 0.262 e. The van der Waals surface area contributed by atoms with Gasteiger partial charge in [0.25, 0.3) is 5.91 Å². The number of hydrogen-bond donors (Lipinski definition) is 2. The van der Waals surface area contributed by atoms with Gasteiger partial charge in [-0.1, -0.05) is 35.5 Å². The molecule has 0 unspecified atom stereocenters. The Bertz CT molecular complexity index is 799. The highest BCUT2D eigenvalue weighted by Gasteiger charge is 2.21. The van der Waals surface area contributed by atoms with Crippen molar-refractivity contribution in [2.24, 2.45) is 0 Å². The third-order valence-electron chi connectivity index (χ3n) is 3.50. The molecule has 0 spiro atoms. The molecule has 6 nitrogen and oxygen atoms in total. The van der Waals surface area contributed by atoms with E-state index in [9.17, 15) is 4.79 Å². The van der Waals surface area contributed by atoms with E-state index >= 15 is 0 Å². The summed E-state index contributed by atoms with van der Waals surface area (Å²) in [5.41, 5.74) is 3.76. The largest absolute Gasteiger partial charge is 0.361 e. The Morgan fingerprint density at radius 3 is 2.55 bits per heavy atom. The molecule has 0 saturated heterocycles. The topological polar surface area (TPSA) is 83.8 Å². The predicted molar refractivity (Wildman–Crippen MR) is 82.7 cm³/mol. The highest BCUT2D eigenvalue weighted by Crippen LogP contribution is 2.29. The summed E-state index contributed by atoms with van der Waals surface area (Å²) in [6.07, 6.45) is 0. The number of aromatic nitrogens is 3. The Kier molecular flexibility index (Phi) is 3.50. The molecule has 0 aliphatic rings. The summed E-state index contributed by atoms with van der Waals surface area (Å²) in [5, 5.41) is 13.7. The number of aromatic amines is 1. The van der Waals surface area contributed by atoms with Crippen molar-refractivity contribution in [1.29, 1.82) is 0 Å². The maximum absolute atomic E-state index is 12.4. The zero-order chi connectivity index (χ0) is 15.7. The highest BCUT2D eigenvalue weighted by atomic mass is 16.5. The Morgan fingerprint density at radius 2 is 1.91 bits per heavy atom. The summed E-state index contributed by atoms with van der Waals surface area (Å²) in [7, 11) is 0. The number of rotatable bonds is 3. The maximum atomic E-state index is 12.4. The van der Waals surface area contributed by atoms with Gasteiger partial charge < -0.3 is 9.84 Å². The number of anilines is 1. The molecule has 3 rings (SSSR count). The second-order valence-electron chi connectivity index (χ2n) is 5.09. The van der Waals surface area contributed by atoms with E-state index in [4.69, 9.17) is 4.52 Å². The summed E-state index contributed by atoms with van der Waals surface area (Å²) in [4.78, 5) is 12.4. The number of nitrogens with zero attached hydrogens (tertiary/aromatic N) is 2. The van der Waals surface area contributed by atoms with Crippen LogP contribution in [-0.4, -0.2) is 21.3 Å². The summed E-state index contributed by atoms with van der Waals surface area (Å²) in [6, 6.07) is 9.79. The number of amides is 1.